The van der Waals surface area contributed by atoms with Crippen LogP contribution in [0.5, 0.6) is 0 Å². The maximum absolute atomic E-state index is 13.0. The summed E-state index contributed by atoms with van der Waals surface area (Å²) in [6.45, 7) is 7.82. The number of nitrogens with zero attached hydrogens (tertiary/aromatic N) is 3. The van der Waals surface area contributed by atoms with Gasteiger partial charge in [-0.1, -0.05) is 13.8 Å². The number of rotatable bonds is 4. The Morgan fingerprint density at radius 2 is 1.79 bits per heavy atom. The number of hydrogen-bond acceptors (Lipinski definition) is 4. The van der Waals surface area contributed by atoms with E-state index in [0.717, 1.165) is 38.8 Å². The number of carbonyl (C=O) groups excluding carboxylic acids is 2. The second kappa shape index (κ2) is 7.40. The Balaban J connectivity index is 1.60. The molecule has 2 saturated heterocycles. The van der Waals surface area contributed by atoms with Crippen LogP contribution in [0, 0.1) is 5.92 Å². The highest BCUT2D eigenvalue weighted by atomic mass is 16.3. The monoisotopic (exact) mass is 337 g/mol. The minimum Gasteiger partial charge on any atom is -0.391 e. The summed E-state index contributed by atoms with van der Waals surface area (Å²) in [4.78, 5) is 31.2. The zero-order chi connectivity index (χ0) is 17.3. The van der Waals surface area contributed by atoms with Crippen molar-refractivity contribution >= 4 is 11.8 Å². The van der Waals surface area contributed by atoms with Crippen LogP contribution >= 0.6 is 0 Å². The molecule has 0 bridgehead atoms. The first kappa shape index (κ1) is 17.7. The molecule has 0 unspecified atom stereocenters. The summed E-state index contributed by atoms with van der Waals surface area (Å²) in [6.07, 6.45) is 4.28. The van der Waals surface area contributed by atoms with E-state index in [9.17, 15) is 14.7 Å². The van der Waals surface area contributed by atoms with Crippen LogP contribution in [0.4, 0.5) is 0 Å². The summed E-state index contributed by atoms with van der Waals surface area (Å²) >= 11 is 0. The molecule has 3 aliphatic rings. The highest BCUT2D eigenvalue weighted by Gasteiger charge is 2.39. The standard InChI is InChI=1S/C18H31N3O3/c1-13(2)17(21-8-4-7-16(21)23)18(24)20-11-9-19(10-12-20)14-5-3-6-15(14)22/h13-15,17,22H,3-12H2,1-2H3/t14-,15+,17+/m0/s1. The number of piperazine rings is 1. The summed E-state index contributed by atoms with van der Waals surface area (Å²) < 4.78 is 0. The molecule has 3 fully saturated rings. The smallest absolute Gasteiger partial charge is 0.245 e. The number of carbonyl (C=O) groups is 2. The van der Waals surface area contributed by atoms with E-state index < -0.39 is 0 Å². The Bertz CT molecular complexity index is 474. The average Bonchev–Trinajstić information content (AvgIpc) is 3.16. The van der Waals surface area contributed by atoms with Crippen molar-refractivity contribution in [2.24, 2.45) is 5.92 Å². The average molecular weight is 337 g/mol. The molecule has 24 heavy (non-hydrogen) atoms. The van der Waals surface area contributed by atoms with Gasteiger partial charge in [0.05, 0.1) is 6.10 Å². The van der Waals surface area contributed by atoms with Crippen LogP contribution in [0.1, 0.15) is 46.0 Å². The molecule has 3 atom stereocenters. The molecule has 1 aliphatic carbocycles. The Labute approximate surface area is 144 Å². The number of hydrogen-bond donors (Lipinski definition) is 1. The fourth-order valence-electron chi connectivity index (χ4n) is 4.55. The summed E-state index contributed by atoms with van der Waals surface area (Å²) in [5.41, 5.74) is 0. The molecule has 136 valence electrons. The number of likely N-dealkylation sites (tertiary alicyclic amines) is 1. The van der Waals surface area contributed by atoms with Gasteiger partial charge in [0.1, 0.15) is 6.04 Å². The Morgan fingerprint density at radius 1 is 1.08 bits per heavy atom. The third-order valence-corrected chi connectivity index (χ3v) is 5.87. The summed E-state index contributed by atoms with van der Waals surface area (Å²) in [6, 6.07) is -0.0491. The molecule has 6 heteroatoms. The second-order valence-electron chi connectivity index (χ2n) is 7.81. The number of aliphatic hydroxyl groups excluding tert-OH is 1. The van der Waals surface area contributed by atoms with Gasteiger partial charge in [-0.05, 0) is 31.6 Å². The molecule has 2 aliphatic heterocycles. The van der Waals surface area contributed by atoms with Crippen molar-refractivity contribution in [3.05, 3.63) is 0 Å². The van der Waals surface area contributed by atoms with Crippen LogP contribution in [0.25, 0.3) is 0 Å². The SMILES string of the molecule is CC(C)[C@H](C(=O)N1CCN([C@H]2CCC[C@H]2O)CC1)N1CCCC1=O. The van der Waals surface area contributed by atoms with Crippen LogP contribution in [0.3, 0.4) is 0 Å². The van der Waals surface area contributed by atoms with Crippen molar-refractivity contribution in [2.45, 2.75) is 64.1 Å². The largest absolute Gasteiger partial charge is 0.391 e. The lowest BCUT2D eigenvalue weighted by atomic mass is 10.0. The molecule has 2 amide bonds. The fourth-order valence-corrected chi connectivity index (χ4v) is 4.55. The van der Waals surface area contributed by atoms with Crippen molar-refractivity contribution in [2.75, 3.05) is 32.7 Å². The van der Waals surface area contributed by atoms with Crippen LogP contribution in [-0.2, 0) is 9.59 Å². The normalized spacial score (nSPS) is 30.4. The van der Waals surface area contributed by atoms with E-state index in [1.165, 1.54) is 0 Å². The minimum atomic E-state index is -0.316. The van der Waals surface area contributed by atoms with Crippen LogP contribution < -0.4 is 0 Å². The van der Waals surface area contributed by atoms with Crippen molar-refractivity contribution in [1.82, 2.24) is 14.7 Å². The van der Waals surface area contributed by atoms with Crippen molar-refractivity contribution in [3.8, 4) is 0 Å². The van der Waals surface area contributed by atoms with E-state index in [1.807, 2.05) is 18.7 Å². The van der Waals surface area contributed by atoms with Gasteiger partial charge in [0.15, 0.2) is 0 Å². The predicted molar refractivity (Wildman–Crippen MR) is 91.4 cm³/mol. The van der Waals surface area contributed by atoms with Crippen molar-refractivity contribution in [3.63, 3.8) is 0 Å². The molecule has 1 N–H and O–H groups in total. The molecule has 0 aromatic carbocycles. The lowest BCUT2D eigenvalue weighted by Crippen LogP contribution is -2.58. The van der Waals surface area contributed by atoms with Crippen LogP contribution in [0.15, 0.2) is 0 Å². The fraction of sp³-hybridized carbons (Fsp3) is 0.889. The Morgan fingerprint density at radius 3 is 2.29 bits per heavy atom. The predicted octanol–water partition coefficient (Wildman–Crippen LogP) is 0.691. The second-order valence-corrected chi connectivity index (χ2v) is 7.81. The third kappa shape index (κ3) is 3.45. The topological polar surface area (TPSA) is 64.1 Å². The lowest BCUT2D eigenvalue weighted by Gasteiger charge is -2.41. The molecule has 0 spiro atoms. The molecule has 2 heterocycles. The molecule has 3 rings (SSSR count). The first-order chi connectivity index (χ1) is 11.5. The van der Waals surface area contributed by atoms with E-state index in [2.05, 4.69) is 4.90 Å². The molecule has 1 saturated carbocycles. The summed E-state index contributed by atoms with van der Waals surface area (Å²) in [7, 11) is 0. The van der Waals surface area contributed by atoms with E-state index in [0.29, 0.717) is 26.1 Å². The highest BCUT2D eigenvalue weighted by molar-refractivity contribution is 5.89. The van der Waals surface area contributed by atoms with Crippen LogP contribution in [-0.4, -0.2) is 82.5 Å². The zero-order valence-electron chi connectivity index (χ0n) is 15.0. The minimum absolute atomic E-state index is 0.104. The quantitative estimate of drug-likeness (QED) is 0.820. The third-order valence-electron chi connectivity index (χ3n) is 5.87. The Kier molecular flexibility index (Phi) is 5.45. The van der Waals surface area contributed by atoms with Gasteiger partial charge in [-0.3, -0.25) is 14.5 Å². The molecular weight excluding hydrogens is 306 g/mol. The van der Waals surface area contributed by atoms with Gasteiger partial charge < -0.3 is 14.9 Å². The van der Waals surface area contributed by atoms with Gasteiger partial charge >= 0.3 is 0 Å². The summed E-state index contributed by atoms with van der Waals surface area (Å²) in [5.74, 6) is 0.357. The lowest BCUT2D eigenvalue weighted by molar-refractivity contribution is -0.147. The zero-order valence-corrected chi connectivity index (χ0v) is 15.0. The highest BCUT2D eigenvalue weighted by Crippen LogP contribution is 2.26. The van der Waals surface area contributed by atoms with Gasteiger partial charge in [0.2, 0.25) is 11.8 Å². The number of amides is 2. The van der Waals surface area contributed by atoms with E-state index >= 15 is 0 Å². The molecule has 0 radical (unpaired) electrons. The van der Waals surface area contributed by atoms with Gasteiger partial charge in [-0.25, -0.2) is 0 Å². The van der Waals surface area contributed by atoms with Gasteiger partial charge in [-0.2, -0.15) is 0 Å². The molecule has 0 aromatic heterocycles. The molecule has 0 aromatic rings. The molecular formula is C18H31N3O3. The maximum atomic E-state index is 13.0. The first-order valence-corrected chi connectivity index (χ1v) is 9.49. The van der Waals surface area contributed by atoms with Crippen LogP contribution in [0.2, 0.25) is 0 Å². The number of aliphatic hydroxyl groups is 1. The van der Waals surface area contributed by atoms with Crippen molar-refractivity contribution < 1.29 is 14.7 Å². The maximum Gasteiger partial charge on any atom is 0.245 e. The van der Waals surface area contributed by atoms with Gasteiger partial charge in [0.25, 0.3) is 0 Å². The summed E-state index contributed by atoms with van der Waals surface area (Å²) in [5, 5.41) is 10.1. The van der Waals surface area contributed by atoms with Gasteiger partial charge in [0, 0.05) is 45.2 Å². The van der Waals surface area contributed by atoms with E-state index in [1.54, 1.807) is 4.90 Å². The van der Waals surface area contributed by atoms with E-state index in [4.69, 9.17) is 0 Å². The Hall–Kier alpha value is -1.14. The first-order valence-electron chi connectivity index (χ1n) is 9.49. The van der Waals surface area contributed by atoms with Gasteiger partial charge in [-0.15, -0.1) is 0 Å². The van der Waals surface area contributed by atoms with Crippen molar-refractivity contribution in [1.29, 1.82) is 0 Å². The van der Waals surface area contributed by atoms with E-state index in [-0.39, 0.29) is 35.9 Å². The molecule has 6 nitrogen and oxygen atoms in total.